The van der Waals surface area contributed by atoms with Crippen LogP contribution >= 0.6 is 0 Å². The van der Waals surface area contributed by atoms with Gasteiger partial charge < -0.3 is 15.0 Å². The van der Waals surface area contributed by atoms with Crippen LogP contribution < -0.4 is 5.32 Å². The number of nitrogens with one attached hydrogen (secondary N) is 1. The van der Waals surface area contributed by atoms with E-state index in [4.69, 9.17) is 4.74 Å². The second-order valence-corrected chi connectivity index (χ2v) is 5.82. The molecule has 3 heteroatoms. The number of hydrogen-bond donors (Lipinski definition) is 1. The summed E-state index contributed by atoms with van der Waals surface area (Å²) < 4.78 is 5.24. The molecule has 1 heterocycles. The molecular formula is C14H30N2O. The van der Waals surface area contributed by atoms with Crippen LogP contribution in [-0.4, -0.2) is 50.8 Å². The van der Waals surface area contributed by atoms with Crippen molar-refractivity contribution < 1.29 is 4.74 Å². The SMILES string of the molecule is COCC(C)CN(CC1CCCNC1)C(C)C. The van der Waals surface area contributed by atoms with E-state index in [9.17, 15) is 0 Å². The summed E-state index contributed by atoms with van der Waals surface area (Å²) in [5, 5.41) is 3.51. The summed E-state index contributed by atoms with van der Waals surface area (Å²) in [5.41, 5.74) is 0. The molecule has 1 saturated heterocycles. The van der Waals surface area contributed by atoms with E-state index in [2.05, 4.69) is 31.0 Å². The molecule has 102 valence electrons. The average molecular weight is 242 g/mol. The van der Waals surface area contributed by atoms with Crippen molar-refractivity contribution in [2.45, 2.75) is 39.7 Å². The quantitative estimate of drug-likeness (QED) is 0.739. The van der Waals surface area contributed by atoms with Gasteiger partial charge in [0, 0.05) is 32.8 Å². The molecule has 2 unspecified atom stereocenters. The lowest BCUT2D eigenvalue weighted by molar-refractivity contribution is 0.102. The Morgan fingerprint density at radius 3 is 2.65 bits per heavy atom. The van der Waals surface area contributed by atoms with E-state index in [1.54, 1.807) is 7.11 Å². The van der Waals surface area contributed by atoms with E-state index in [1.807, 2.05) is 0 Å². The van der Waals surface area contributed by atoms with Gasteiger partial charge >= 0.3 is 0 Å². The molecule has 1 N–H and O–H groups in total. The van der Waals surface area contributed by atoms with E-state index >= 15 is 0 Å². The van der Waals surface area contributed by atoms with Crippen LogP contribution in [0.3, 0.4) is 0 Å². The van der Waals surface area contributed by atoms with Crippen molar-refractivity contribution in [3.63, 3.8) is 0 Å². The van der Waals surface area contributed by atoms with Gasteiger partial charge in [-0.15, -0.1) is 0 Å². The Balaban J connectivity index is 2.36. The highest BCUT2D eigenvalue weighted by atomic mass is 16.5. The number of hydrogen-bond acceptors (Lipinski definition) is 3. The Bertz CT molecular complexity index is 191. The van der Waals surface area contributed by atoms with Gasteiger partial charge in [-0.2, -0.15) is 0 Å². The molecule has 0 radical (unpaired) electrons. The van der Waals surface area contributed by atoms with Crippen molar-refractivity contribution in [3.8, 4) is 0 Å². The Hall–Kier alpha value is -0.120. The molecule has 1 rings (SSSR count). The molecule has 3 nitrogen and oxygen atoms in total. The molecule has 0 aromatic carbocycles. The van der Waals surface area contributed by atoms with Crippen LogP contribution in [0.5, 0.6) is 0 Å². The lowest BCUT2D eigenvalue weighted by Gasteiger charge is -2.34. The third-order valence-corrected chi connectivity index (χ3v) is 3.62. The van der Waals surface area contributed by atoms with Crippen molar-refractivity contribution in [3.05, 3.63) is 0 Å². The summed E-state index contributed by atoms with van der Waals surface area (Å²) in [6.07, 6.45) is 2.72. The summed E-state index contributed by atoms with van der Waals surface area (Å²) in [7, 11) is 1.79. The van der Waals surface area contributed by atoms with Crippen LogP contribution in [0.25, 0.3) is 0 Å². The zero-order chi connectivity index (χ0) is 12.7. The van der Waals surface area contributed by atoms with Crippen molar-refractivity contribution in [1.29, 1.82) is 0 Å². The second-order valence-electron chi connectivity index (χ2n) is 5.82. The van der Waals surface area contributed by atoms with Crippen LogP contribution in [0.1, 0.15) is 33.6 Å². The van der Waals surface area contributed by atoms with Crippen LogP contribution in [0.2, 0.25) is 0 Å². The topological polar surface area (TPSA) is 24.5 Å². The first-order valence-electron chi connectivity index (χ1n) is 7.07. The molecule has 0 aliphatic carbocycles. The number of piperidine rings is 1. The van der Waals surface area contributed by atoms with Crippen LogP contribution in [0.4, 0.5) is 0 Å². The standard InChI is InChI=1S/C14H30N2O/c1-12(2)16(9-13(3)11-17-4)10-14-6-5-7-15-8-14/h12-15H,5-11H2,1-4H3. The summed E-state index contributed by atoms with van der Waals surface area (Å²) in [5.74, 6) is 1.46. The largest absolute Gasteiger partial charge is 0.384 e. The maximum Gasteiger partial charge on any atom is 0.0500 e. The summed E-state index contributed by atoms with van der Waals surface area (Å²) in [6.45, 7) is 12.5. The van der Waals surface area contributed by atoms with E-state index in [1.165, 1.54) is 32.5 Å². The van der Waals surface area contributed by atoms with Gasteiger partial charge in [0.2, 0.25) is 0 Å². The maximum absolute atomic E-state index is 5.24. The highest BCUT2D eigenvalue weighted by Gasteiger charge is 2.20. The summed E-state index contributed by atoms with van der Waals surface area (Å²) in [4.78, 5) is 2.61. The van der Waals surface area contributed by atoms with E-state index in [-0.39, 0.29) is 0 Å². The minimum atomic E-state index is 0.624. The van der Waals surface area contributed by atoms with Gasteiger partial charge in [-0.3, -0.25) is 0 Å². The van der Waals surface area contributed by atoms with Crippen molar-refractivity contribution in [1.82, 2.24) is 10.2 Å². The van der Waals surface area contributed by atoms with Crippen molar-refractivity contribution in [2.24, 2.45) is 11.8 Å². The Morgan fingerprint density at radius 1 is 1.35 bits per heavy atom. The zero-order valence-corrected chi connectivity index (χ0v) is 12.0. The van der Waals surface area contributed by atoms with Gasteiger partial charge in [0.15, 0.2) is 0 Å². The predicted octanol–water partition coefficient (Wildman–Crippen LogP) is 1.98. The number of methoxy groups -OCH3 is 1. The third-order valence-electron chi connectivity index (χ3n) is 3.62. The van der Waals surface area contributed by atoms with Gasteiger partial charge in [0.1, 0.15) is 0 Å². The Morgan fingerprint density at radius 2 is 2.12 bits per heavy atom. The van der Waals surface area contributed by atoms with Gasteiger partial charge in [-0.05, 0) is 51.6 Å². The fraction of sp³-hybridized carbons (Fsp3) is 1.00. The molecule has 0 saturated carbocycles. The normalized spacial score (nSPS) is 23.3. The molecule has 0 bridgehead atoms. The fourth-order valence-corrected chi connectivity index (χ4v) is 2.65. The molecule has 1 fully saturated rings. The minimum Gasteiger partial charge on any atom is -0.384 e. The lowest BCUT2D eigenvalue weighted by Crippen LogP contribution is -2.43. The van der Waals surface area contributed by atoms with Gasteiger partial charge in [-0.25, -0.2) is 0 Å². The molecule has 1 aliphatic rings. The van der Waals surface area contributed by atoms with Crippen molar-refractivity contribution >= 4 is 0 Å². The van der Waals surface area contributed by atoms with E-state index in [0.717, 1.165) is 19.1 Å². The highest BCUT2D eigenvalue weighted by Crippen LogP contribution is 2.15. The fourth-order valence-electron chi connectivity index (χ4n) is 2.65. The highest BCUT2D eigenvalue weighted by molar-refractivity contribution is 4.75. The average Bonchev–Trinajstić information content (AvgIpc) is 2.29. The minimum absolute atomic E-state index is 0.624. The molecular weight excluding hydrogens is 212 g/mol. The van der Waals surface area contributed by atoms with E-state index in [0.29, 0.717) is 12.0 Å². The molecule has 17 heavy (non-hydrogen) atoms. The zero-order valence-electron chi connectivity index (χ0n) is 12.0. The van der Waals surface area contributed by atoms with Crippen molar-refractivity contribution in [2.75, 3.05) is 39.9 Å². The lowest BCUT2D eigenvalue weighted by atomic mass is 9.98. The molecule has 0 aromatic rings. The van der Waals surface area contributed by atoms with Gasteiger partial charge in [-0.1, -0.05) is 6.92 Å². The first-order valence-corrected chi connectivity index (χ1v) is 7.07. The smallest absolute Gasteiger partial charge is 0.0500 e. The van der Waals surface area contributed by atoms with Crippen LogP contribution in [-0.2, 0) is 4.74 Å². The number of nitrogens with zero attached hydrogens (tertiary/aromatic N) is 1. The van der Waals surface area contributed by atoms with E-state index < -0.39 is 0 Å². The van der Waals surface area contributed by atoms with Crippen LogP contribution in [0, 0.1) is 11.8 Å². The number of ether oxygens (including phenoxy) is 1. The third kappa shape index (κ3) is 5.84. The van der Waals surface area contributed by atoms with Gasteiger partial charge in [0.05, 0.1) is 0 Å². The molecule has 0 amide bonds. The molecule has 2 atom stereocenters. The summed E-state index contributed by atoms with van der Waals surface area (Å²) >= 11 is 0. The Kier molecular flexibility index (Phi) is 7.09. The summed E-state index contributed by atoms with van der Waals surface area (Å²) in [6, 6.07) is 0.635. The number of rotatable bonds is 7. The monoisotopic (exact) mass is 242 g/mol. The molecule has 0 spiro atoms. The Labute approximate surface area is 107 Å². The predicted molar refractivity (Wildman–Crippen MR) is 73.3 cm³/mol. The second kappa shape index (κ2) is 8.06. The van der Waals surface area contributed by atoms with Gasteiger partial charge in [0.25, 0.3) is 0 Å². The first-order chi connectivity index (χ1) is 8.13. The molecule has 1 aliphatic heterocycles. The molecule has 0 aromatic heterocycles. The van der Waals surface area contributed by atoms with Crippen LogP contribution in [0.15, 0.2) is 0 Å². The first kappa shape index (κ1) is 14.9. The maximum atomic E-state index is 5.24.